The van der Waals surface area contributed by atoms with E-state index in [4.69, 9.17) is 4.74 Å². The Balaban J connectivity index is 1.39. The average Bonchev–Trinajstić information content (AvgIpc) is 3.23. The fourth-order valence-corrected chi connectivity index (χ4v) is 3.91. The first-order valence-electron chi connectivity index (χ1n) is 10.1. The Morgan fingerprint density at radius 1 is 1.17 bits per heavy atom. The minimum Gasteiger partial charge on any atom is -0.494 e. The van der Waals surface area contributed by atoms with Crippen LogP contribution in [0.15, 0.2) is 48.7 Å². The van der Waals surface area contributed by atoms with Crippen LogP contribution < -0.4 is 15.0 Å². The fraction of sp³-hybridized carbons (Fsp3) is 0.304. The van der Waals surface area contributed by atoms with Crippen molar-refractivity contribution in [2.24, 2.45) is 0 Å². The number of quaternary nitrogens is 1. The first-order valence-corrected chi connectivity index (χ1v) is 10.1. The number of aromatic nitrogens is 1. The zero-order valence-electron chi connectivity index (χ0n) is 16.8. The van der Waals surface area contributed by atoms with E-state index in [0.717, 1.165) is 24.2 Å². The lowest BCUT2D eigenvalue weighted by molar-refractivity contribution is -0.674. The third kappa shape index (κ3) is 3.89. The molecule has 1 atom stereocenters. The lowest BCUT2D eigenvalue weighted by Crippen LogP contribution is -2.92. The zero-order chi connectivity index (χ0) is 20.4. The number of carbonyl (C=O) groups excluding carboxylic acids is 2. The molecule has 6 heteroatoms. The molecule has 1 aliphatic heterocycles. The second-order valence-electron chi connectivity index (χ2n) is 7.44. The molecule has 2 amide bonds. The number of benzene rings is 2. The summed E-state index contributed by atoms with van der Waals surface area (Å²) in [6.07, 6.45) is 3.11. The second kappa shape index (κ2) is 8.09. The molecule has 3 N–H and O–H groups in total. The summed E-state index contributed by atoms with van der Waals surface area (Å²) in [5.41, 5.74) is 4.19. The van der Waals surface area contributed by atoms with Crippen molar-refractivity contribution >= 4 is 28.4 Å². The molecule has 0 unspecified atom stereocenters. The van der Waals surface area contributed by atoms with Gasteiger partial charge in [0.15, 0.2) is 6.04 Å². The van der Waals surface area contributed by atoms with Crippen LogP contribution in [0.5, 0.6) is 5.75 Å². The summed E-state index contributed by atoms with van der Waals surface area (Å²) in [5, 5.41) is 3.21. The van der Waals surface area contributed by atoms with Crippen molar-refractivity contribution in [3.05, 3.63) is 59.8 Å². The van der Waals surface area contributed by atoms with Gasteiger partial charge in [0.05, 0.1) is 25.3 Å². The van der Waals surface area contributed by atoms with Crippen LogP contribution in [0.4, 0.5) is 5.69 Å². The molecule has 1 aromatic heterocycles. The molecule has 2 aromatic carbocycles. The van der Waals surface area contributed by atoms with Gasteiger partial charge < -0.3 is 15.0 Å². The van der Waals surface area contributed by atoms with Crippen LogP contribution in [-0.4, -0.2) is 36.0 Å². The number of anilines is 1. The number of aromatic amines is 1. The van der Waals surface area contributed by atoms with Gasteiger partial charge in [0.2, 0.25) is 5.91 Å². The molecule has 29 heavy (non-hydrogen) atoms. The lowest BCUT2D eigenvalue weighted by Gasteiger charge is -2.15. The summed E-state index contributed by atoms with van der Waals surface area (Å²) in [6, 6.07) is 13.1. The van der Waals surface area contributed by atoms with E-state index >= 15 is 0 Å². The summed E-state index contributed by atoms with van der Waals surface area (Å²) in [5.74, 6) is 0.435. The van der Waals surface area contributed by atoms with Gasteiger partial charge in [-0.1, -0.05) is 11.6 Å². The molecule has 1 saturated heterocycles. The van der Waals surface area contributed by atoms with Gasteiger partial charge in [0, 0.05) is 23.5 Å². The maximum atomic E-state index is 12.8. The summed E-state index contributed by atoms with van der Waals surface area (Å²) in [6.45, 7) is 5.33. The number of ether oxygens (including phenoxy) is 1. The van der Waals surface area contributed by atoms with E-state index in [1.54, 1.807) is 24.3 Å². The number of fused-ring (bicyclic) bond motifs is 1. The molecule has 4 rings (SSSR count). The van der Waals surface area contributed by atoms with Crippen LogP contribution in [-0.2, 0) is 16.0 Å². The van der Waals surface area contributed by atoms with Gasteiger partial charge >= 0.3 is 0 Å². The van der Waals surface area contributed by atoms with Crippen molar-refractivity contribution in [2.45, 2.75) is 32.7 Å². The van der Waals surface area contributed by atoms with Gasteiger partial charge in [-0.15, -0.1) is 0 Å². The number of nitrogens with zero attached hydrogens (tertiary/aromatic N) is 1. The van der Waals surface area contributed by atoms with Crippen LogP contribution in [0.25, 0.3) is 10.9 Å². The quantitative estimate of drug-likeness (QED) is 0.606. The van der Waals surface area contributed by atoms with Gasteiger partial charge in [-0.2, -0.15) is 0 Å². The molecule has 1 fully saturated rings. The third-order valence-corrected chi connectivity index (χ3v) is 5.38. The predicted octanol–water partition coefficient (Wildman–Crippen LogP) is 2.31. The third-order valence-electron chi connectivity index (χ3n) is 5.38. The first kappa shape index (κ1) is 19.2. The average molecular weight is 392 g/mol. The molecule has 2 heterocycles. The number of carbonyl (C=O) groups is 2. The predicted molar refractivity (Wildman–Crippen MR) is 112 cm³/mol. The number of amides is 2. The number of H-pyrrole nitrogens is 1. The highest BCUT2D eigenvalue weighted by Gasteiger charge is 2.42. The Bertz CT molecular complexity index is 1040. The summed E-state index contributed by atoms with van der Waals surface area (Å²) < 4.78 is 5.43. The number of rotatable bonds is 7. The Hall–Kier alpha value is -3.12. The summed E-state index contributed by atoms with van der Waals surface area (Å²) in [7, 11) is 0. The van der Waals surface area contributed by atoms with Gasteiger partial charge in [-0.05, 0) is 55.8 Å². The van der Waals surface area contributed by atoms with Gasteiger partial charge in [-0.3, -0.25) is 9.59 Å². The second-order valence-corrected chi connectivity index (χ2v) is 7.44. The van der Waals surface area contributed by atoms with Gasteiger partial charge in [0.25, 0.3) is 5.91 Å². The minimum absolute atomic E-state index is 0.145. The van der Waals surface area contributed by atoms with E-state index in [1.807, 2.05) is 18.4 Å². The molecule has 0 bridgehead atoms. The van der Waals surface area contributed by atoms with Crippen LogP contribution in [0.3, 0.4) is 0 Å². The Kier molecular flexibility index (Phi) is 5.36. The highest BCUT2D eigenvalue weighted by molar-refractivity contribution is 6.21. The Morgan fingerprint density at radius 2 is 1.97 bits per heavy atom. The van der Waals surface area contributed by atoms with E-state index in [9.17, 15) is 9.59 Å². The van der Waals surface area contributed by atoms with Crippen LogP contribution in [0.2, 0.25) is 0 Å². The van der Waals surface area contributed by atoms with Crippen molar-refractivity contribution in [2.75, 3.05) is 18.1 Å². The molecule has 0 radical (unpaired) electrons. The Morgan fingerprint density at radius 3 is 2.72 bits per heavy atom. The highest BCUT2D eigenvalue weighted by Crippen LogP contribution is 2.24. The topological polar surface area (TPSA) is 79.0 Å². The van der Waals surface area contributed by atoms with E-state index in [-0.39, 0.29) is 24.3 Å². The van der Waals surface area contributed by atoms with Gasteiger partial charge in [-0.25, -0.2) is 4.90 Å². The van der Waals surface area contributed by atoms with Crippen molar-refractivity contribution < 1.29 is 19.6 Å². The minimum atomic E-state index is -0.360. The van der Waals surface area contributed by atoms with Crippen molar-refractivity contribution in [3.63, 3.8) is 0 Å². The molecular weight excluding hydrogens is 366 g/mol. The molecule has 6 nitrogen and oxygen atoms in total. The van der Waals surface area contributed by atoms with E-state index in [2.05, 4.69) is 30.1 Å². The maximum absolute atomic E-state index is 12.8. The van der Waals surface area contributed by atoms with E-state index in [0.29, 0.717) is 12.3 Å². The maximum Gasteiger partial charge on any atom is 0.292 e. The monoisotopic (exact) mass is 392 g/mol. The van der Waals surface area contributed by atoms with Crippen LogP contribution >= 0.6 is 0 Å². The molecule has 0 spiro atoms. The SMILES string of the molecule is CCOc1ccc(N2C(=O)C[C@H]([NH2+]CCc3c[nH]c4ccc(C)cc34)C2=O)cc1. The molecule has 1 aliphatic rings. The lowest BCUT2D eigenvalue weighted by atomic mass is 10.1. The molecule has 0 saturated carbocycles. The van der Waals surface area contributed by atoms with Crippen molar-refractivity contribution in [1.29, 1.82) is 0 Å². The normalized spacial score (nSPS) is 16.8. The Labute approximate surface area is 169 Å². The van der Waals surface area contributed by atoms with E-state index < -0.39 is 0 Å². The largest absolute Gasteiger partial charge is 0.494 e. The molecule has 0 aliphatic carbocycles. The molecule has 150 valence electrons. The number of hydrogen-bond acceptors (Lipinski definition) is 3. The zero-order valence-corrected chi connectivity index (χ0v) is 16.8. The van der Waals surface area contributed by atoms with E-state index in [1.165, 1.54) is 21.4 Å². The number of nitrogens with one attached hydrogen (secondary N) is 1. The van der Waals surface area contributed by atoms with Crippen molar-refractivity contribution in [3.8, 4) is 5.75 Å². The number of aryl methyl sites for hydroxylation is 1. The van der Waals surface area contributed by atoms with Crippen LogP contribution in [0.1, 0.15) is 24.5 Å². The number of hydrogen-bond donors (Lipinski definition) is 2. The van der Waals surface area contributed by atoms with Gasteiger partial charge in [0.1, 0.15) is 5.75 Å². The number of imide groups is 1. The summed E-state index contributed by atoms with van der Waals surface area (Å²) >= 11 is 0. The molecular formula is C23H26N3O3+. The first-order chi connectivity index (χ1) is 14.1. The highest BCUT2D eigenvalue weighted by atomic mass is 16.5. The van der Waals surface area contributed by atoms with Crippen LogP contribution in [0, 0.1) is 6.92 Å². The smallest absolute Gasteiger partial charge is 0.292 e. The molecule has 3 aromatic rings. The van der Waals surface area contributed by atoms with Crippen molar-refractivity contribution in [1.82, 2.24) is 4.98 Å². The fourth-order valence-electron chi connectivity index (χ4n) is 3.91. The summed E-state index contributed by atoms with van der Waals surface area (Å²) in [4.78, 5) is 29.9. The standard InChI is InChI=1S/C23H25N3O3/c1-3-29-18-7-5-17(6-8-18)26-22(27)13-21(23(26)28)24-11-10-16-14-25-20-9-4-15(2)12-19(16)20/h4-9,12,14,21,24-25H,3,10-11,13H2,1-2H3/p+1/t21-/m0/s1. The number of nitrogens with two attached hydrogens (primary N) is 1.